The van der Waals surface area contributed by atoms with Crippen LogP contribution in [0.1, 0.15) is 47.0 Å². The Morgan fingerprint density at radius 1 is 1.33 bits per heavy atom. The van der Waals surface area contributed by atoms with Gasteiger partial charge < -0.3 is 10.6 Å². The van der Waals surface area contributed by atoms with E-state index in [0.717, 1.165) is 12.5 Å². The summed E-state index contributed by atoms with van der Waals surface area (Å²) in [6.45, 7) is 12.5. The number of rotatable bonds is 6. The smallest absolute Gasteiger partial charge is 0.0217 e. The maximum atomic E-state index is 6.24. The lowest BCUT2D eigenvalue weighted by molar-refractivity contribution is 0.193. The van der Waals surface area contributed by atoms with E-state index in [4.69, 9.17) is 5.73 Å². The first kappa shape index (κ1) is 13.0. The van der Waals surface area contributed by atoms with Crippen molar-refractivity contribution >= 4 is 0 Å². The van der Waals surface area contributed by atoms with Gasteiger partial charge in [-0.05, 0) is 37.1 Å². The van der Waals surface area contributed by atoms with E-state index in [1.807, 2.05) is 0 Å². The van der Waals surface area contributed by atoms with Gasteiger partial charge in [0.1, 0.15) is 0 Å². The first-order valence-electron chi connectivity index (χ1n) is 6.41. The second kappa shape index (κ2) is 5.31. The lowest BCUT2D eigenvalue weighted by Gasteiger charge is -2.32. The third-order valence-electron chi connectivity index (χ3n) is 3.32. The van der Waals surface area contributed by atoms with Gasteiger partial charge in [0.05, 0.1) is 0 Å². The molecule has 0 aromatic rings. The molecule has 90 valence electrons. The zero-order valence-corrected chi connectivity index (χ0v) is 10.9. The Labute approximate surface area is 95.2 Å². The summed E-state index contributed by atoms with van der Waals surface area (Å²) in [6.07, 6.45) is 4.11. The van der Waals surface area contributed by atoms with Crippen LogP contribution < -0.4 is 5.73 Å². The molecule has 15 heavy (non-hydrogen) atoms. The minimum absolute atomic E-state index is 0.232. The van der Waals surface area contributed by atoms with Gasteiger partial charge in [-0.2, -0.15) is 0 Å². The second-order valence-electron chi connectivity index (χ2n) is 6.18. The molecule has 1 unspecified atom stereocenters. The summed E-state index contributed by atoms with van der Waals surface area (Å²) >= 11 is 0. The summed E-state index contributed by atoms with van der Waals surface area (Å²) in [5.41, 5.74) is 6.47. The molecule has 0 heterocycles. The van der Waals surface area contributed by atoms with Crippen molar-refractivity contribution in [1.82, 2.24) is 4.90 Å². The first-order chi connectivity index (χ1) is 6.93. The molecule has 0 bridgehead atoms. The van der Waals surface area contributed by atoms with Gasteiger partial charge >= 0.3 is 0 Å². The van der Waals surface area contributed by atoms with Gasteiger partial charge in [0.2, 0.25) is 0 Å². The van der Waals surface area contributed by atoms with E-state index < -0.39 is 0 Å². The minimum atomic E-state index is 0.232. The average Bonchev–Trinajstić information content (AvgIpc) is 2.86. The van der Waals surface area contributed by atoms with Gasteiger partial charge in [-0.25, -0.2) is 0 Å². The van der Waals surface area contributed by atoms with Crippen LogP contribution in [0.3, 0.4) is 0 Å². The Hall–Kier alpha value is -0.0800. The molecule has 1 atom stereocenters. The quantitative estimate of drug-likeness (QED) is 0.733. The number of hydrogen-bond donors (Lipinski definition) is 1. The summed E-state index contributed by atoms with van der Waals surface area (Å²) in [7, 11) is 0. The van der Waals surface area contributed by atoms with Crippen LogP contribution in [0.15, 0.2) is 0 Å². The highest BCUT2D eigenvalue weighted by atomic mass is 15.1. The van der Waals surface area contributed by atoms with Crippen LogP contribution in [0.5, 0.6) is 0 Å². The molecule has 1 fully saturated rings. The highest BCUT2D eigenvalue weighted by Crippen LogP contribution is 2.30. The standard InChI is InChI=1S/C13H28N2/c1-5-8-15(9-11-6-7-11)10-12(14)13(2,3)4/h11-12H,5-10,14H2,1-4H3. The van der Waals surface area contributed by atoms with Crippen molar-refractivity contribution in [2.24, 2.45) is 17.1 Å². The first-order valence-corrected chi connectivity index (χ1v) is 6.41. The average molecular weight is 212 g/mol. The fourth-order valence-electron chi connectivity index (χ4n) is 1.79. The lowest BCUT2D eigenvalue weighted by atomic mass is 9.87. The van der Waals surface area contributed by atoms with Crippen molar-refractivity contribution in [3.05, 3.63) is 0 Å². The van der Waals surface area contributed by atoms with E-state index in [1.54, 1.807) is 0 Å². The van der Waals surface area contributed by atoms with Gasteiger partial charge in [-0.15, -0.1) is 0 Å². The molecule has 0 amide bonds. The van der Waals surface area contributed by atoms with E-state index in [-0.39, 0.29) is 5.41 Å². The zero-order valence-electron chi connectivity index (χ0n) is 10.9. The van der Waals surface area contributed by atoms with E-state index in [2.05, 4.69) is 32.6 Å². The maximum Gasteiger partial charge on any atom is 0.0217 e. The lowest BCUT2D eigenvalue weighted by Crippen LogP contribution is -2.46. The molecular formula is C13H28N2. The SMILES string of the molecule is CCCN(CC1CC1)CC(N)C(C)(C)C. The number of nitrogens with two attached hydrogens (primary N) is 1. The van der Waals surface area contributed by atoms with Crippen molar-refractivity contribution in [2.75, 3.05) is 19.6 Å². The Morgan fingerprint density at radius 3 is 2.33 bits per heavy atom. The topological polar surface area (TPSA) is 29.3 Å². The van der Waals surface area contributed by atoms with Crippen molar-refractivity contribution in [3.63, 3.8) is 0 Å². The summed E-state index contributed by atoms with van der Waals surface area (Å²) < 4.78 is 0. The monoisotopic (exact) mass is 212 g/mol. The van der Waals surface area contributed by atoms with Crippen molar-refractivity contribution < 1.29 is 0 Å². The molecule has 0 aromatic heterocycles. The summed E-state index contributed by atoms with van der Waals surface area (Å²) in [6, 6.07) is 0.294. The molecule has 2 heteroatoms. The largest absolute Gasteiger partial charge is 0.326 e. The van der Waals surface area contributed by atoms with Crippen molar-refractivity contribution in [3.8, 4) is 0 Å². The van der Waals surface area contributed by atoms with Crippen LogP contribution in [0, 0.1) is 11.3 Å². The van der Waals surface area contributed by atoms with Crippen LogP contribution in [-0.2, 0) is 0 Å². The predicted octanol–water partition coefficient (Wildman–Crippen LogP) is 2.48. The molecular weight excluding hydrogens is 184 g/mol. The van der Waals surface area contributed by atoms with Crippen LogP contribution >= 0.6 is 0 Å². The Kier molecular flexibility index (Phi) is 4.60. The molecule has 2 N–H and O–H groups in total. The van der Waals surface area contributed by atoms with Gasteiger partial charge in [0.25, 0.3) is 0 Å². The molecule has 1 aliphatic rings. The van der Waals surface area contributed by atoms with Gasteiger partial charge in [-0.3, -0.25) is 0 Å². The van der Waals surface area contributed by atoms with Crippen molar-refractivity contribution in [1.29, 1.82) is 0 Å². The molecule has 0 aromatic carbocycles. The van der Waals surface area contributed by atoms with E-state index in [9.17, 15) is 0 Å². The Bertz CT molecular complexity index is 179. The fraction of sp³-hybridized carbons (Fsp3) is 1.00. The van der Waals surface area contributed by atoms with Gasteiger partial charge in [0, 0.05) is 19.1 Å². The third kappa shape index (κ3) is 4.98. The summed E-state index contributed by atoms with van der Waals surface area (Å²) in [5.74, 6) is 0.976. The molecule has 1 saturated carbocycles. The third-order valence-corrected chi connectivity index (χ3v) is 3.32. The molecule has 2 nitrogen and oxygen atoms in total. The highest BCUT2D eigenvalue weighted by molar-refractivity contribution is 4.83. The molecule has 0 spiro atoms. The minimum Gasteiger partial charge on any atom is -0.326 e. The number of hydrogen-bond acceptors (Lipinski definition) is 2. The van der Waals surface area contributed by atoms with Gasteiger partial charge in [0.15, 0.2) is 0 Å². The van der Waals surface area contributed by atoms with Crippen LogP contribution in [-0.4, -0.2) is 30.6 Å². The Morgan fingerprint density at radius 2 is 1.93 bits per heavy atom. The molecule has 0 aliphatic heterocycles. The molecule has 1 rings (SSSR count). The van der Waals surface area contributed by atoms with Crippen molar-refractivity contribution in [2.45, 2.75) is 53.0 Å². The van der Waals surface area contributed by atoms with Gasteiger partial charge in [-0.1, -0.05) is 27.7 Å². The van der Waals surface area contributed by atoms with Crippen LogP contribution in [0.2, 0.25) is 0 Å². The normalized spacial score (nSPS) is 19.6. The Balaban J connectivity index is 2.34. The number of nitrogens with zero attached hydrogens (tertiary/aromatic N) is 1. The van der Waals surface area contributed by atoms with E-state index in [1.165, 1.54) is 32.4 Å². The maximum absolute atomic E-state index is 6.24. The fourth-order valence-corrected chi connectivity index (χ4v) is 1.79. The van der Waals surface area contributed by atoms with Crippen LogP contribution in [0.4, 0.5) is 0 Å². The molecule has 1 aliphatic carbocycles. The summed E-state index contributed by atoms with van der Waals surface area (Å²) in [5, 5.41) is 0. The van der Waals surface area contributed by atoms with E-state index in [0.29, 0.717) is 6.04 Å². The molecule has 0 saturated heterocycles. The van der Waals surface area contributed by atoms with Crippen LogP contribution in [0.25, 0.3) is 0 Å². The van der Waals surface area contributed by atoms with E-state index >= 15 is 0 Å². The predicted molar refractivity (Wildman–Crippen MR) is 66.9 cm³/mol. The zero-order chi connectivity index (χ0) is 11.5. The second-order valence-corrected chi connectivity index (χ2v) is 6.18. The summed E-state index contributed by atoms with van der Waals surface area (Å²) in [4.78, 5) is 2.56. The molecule has 0 radical (unpaired) electrons. The highest BCUT2D eigenvalue weighted by Gasteiger charge is 2.27.